The summed E-state index contributed by atoms with van der Waals surface area (Å²) < 4.78 is 42.7. The van der Waals surface area contributed by atoms with Gasteiger partial charge in [-0.05, 0) is 68.3 Å². The Kier molecular flexibility index (Phi) is 17.3. The minimum atomic E-state index is -4.27. The second-order valence-corrected chi connectivity index (χ2v) is 13.0. The quantitative estimate of drug-likeness (QED) is 0.147. The fourth-order valence-electron chi connectivity index (χ4n) is 3.25. The number of carboxylic acid groups (broad SMARTS) is 4. The van der Waals surface area contributed by atoms with Crippen LogP contribution >= 0.6 is 11.6 Å². The van der Waals surface area contributed by atoms with Crippen molar-refractivity contribution in [2.45, 2.75) is 60.1 Å². The van der Waals surface area contributed by atoms with E-state index < -0.39 is 87.2 Å². The van der Waals surface area contributed by atoms with E-state index in [0.717, 1.165) is 0 Å². The zero-order valence-corrected chi connectivity index (χ0v) is 26.7. The molecule has 0 aliphatic rings. The van der Waals surface area contributed by atoms with E-state index in [4.69, 9.17) is 42.3 Å². The molecule has 8 N–H and O–H groups in total. The highest BCUT2D eigenvalue weighted by atomic mass is 35.5. The van der Waals surface area contributed by atoms with Gasteiger partial charge < -0.3 is 36.0 Å². The largest absolute Gasteiger partial charge is 0.481 e. The molecule has 252 valence electrons. The summed E-state index contributed by atoms with van der Waals surface area (Å²) in [7, 11) is -4.27. The van der Waals surface area contributed by atoms with Gasteiger partial charge in [-0.1, -0.05) is 11.6 Å². The number of rotatable bonds is 13. The molecular weight excluding hydrogens is 674 g/mol. The summed E-state index contributed by atoms with van der Waals surface area (Å²) >= 11 is 3.74. The second-order valence-electron chi connectivity index (χ2n) is 9.30. The molecule has 0 fully saturated rings. The van der Waals surface area contributed by atoms with E-state index in [1.807, 2.05) is 0 Å². The topological polar surface area (TPSA) is 300 Å². The van der Waals surface area contributed by atoms with Gasteiger partial charge in [0, 0.05) is 30.5 Å². The molecular formula is C27H32ClN3O13S2. The molecule has 19 heteroatoms. The molecule has 0 bridgehead atoms. The number of nitrogens with zero attached hydrogens (tertiary/aromatic N) is 1. The molecule has 0 saturated carbocycles. The van der Waals surface area contributed by atoms with Crippen molar-refractivity contribution in [2.24, 2.45) is 11.7 Å². The third-order valence-electron chi connectivity index (χ3n) is 5.92. The molecule has 0 spiro atoms. The number of benzene rings is 2. The van der Waals surface area contributed by atoms with Crippen LogP contribution in [-0.4, -0.2) is 78.2 Å². The average Bonchev–Trinajstić information content (AvgIpc) is 2.97. The van der Waals surface area contributed by atoms with Gasteiger partial charge in [-0.15, -0.1) is 0 Å². The number of carbonyl (C=O) groups is 5. The Bertz CT molecular complexity index is 1520. The first-order chi connectivity index (χ1) is 21.2. The van der Waals surface area contributed by atoms with Crippen molar-refractivity contribution in [2.75, 3.05) is 5.32 Å². The molecule has 0 radical (unpaired) electrons. The number of aliphatic carboxylic acids is 4. The van der Waals surface area contributed by atoms with E-state index in [2.05, 4.69) is 5.32 Å². The van der Waals surface area contributed by atoms with Gasteiger partial charge in [-0.2, -0.15) is 5.26 Å². The highest BCUT2D eigenvalue weighted by Gasteiger charge is 2.45. The molecule has 2 aromatic rings. The molecule has 1 amide bonds. The summed E-state index contributed by atoms with van der Waals surface area (Å²) in [6.45, 7) is 2.65. The smallest absolute Gasteiger partial charge is 0.321 e. The van der Waals surface area contributed by atoms with Crippen molar-refractivity contribution in [1.82, 2.24) is 0 Å². The third kappa shape index (κ3) is 13.7. The third-order valence-corrected chi connectivity index (χ3v) is 9.27. The predicted molar refractivity (Wildman–Crippen MR) is 163 cm³/mol. The Morgan fingerprint density at radius 1 is 0.935 bits per heavy atom. The van der Waals surface area contributed by atoms with Gasteiger partial charge in [0.05, 0.1) is 21.8 Å². The van der Waals surface area contributed by atoms with Crippen LogP contribution in [-0.2, 0) is 44.9 Å². The predicted octanol–water partition coefficient (Wildman–Crippen LogP) is 2.45. The Balaban J connectivity index is 0.000000740. The van der Waals surface area contributed by atoms with E-state index in [1.54, 1.807) is 18.2 Å². The van der Waals surface area contributed by atoms with Crippen LogP contribution in [0.15, 0.2) is 58.3 Å². The number of sulfone groups is 1. The lowest BCUT2D eigenvalue weighted by Gasteiger charge is -2.25. The van der Waals surface area contributed by atoms with Crippen molar-refractivity contribution < 1.29 is 61.6 Å². The van der Waals surface area contributed by atoms with Gasteiger partial charge >= 0.3 is 23.9 Å². The summed E-state index contributed by atoms with van der Waals surface area (Å²) in [6.07, 6.45) is -2.14. The van der Waals surface area contributed by atoms with Crippen LogP contribution in [0, 0.1) is 17.2 Å². The number of anilines is 1. The van der Waals surface area contributed by atoms with Crippen molar-refractivity contribution in [3.8, 4) is 6.07 Å². The molecule has 2 rings (SSSR count). The summed E-state index contributed by atoms with van der Waals surface area (Å²) in [5.74, 6) is -6.25. The lowest BCUT2D eigenvalue weighted by Crippen LogP contribution is -2.40. The Morgan fingerprint density at radius 2 is 1.39 bits per heavy atom. The lowest BCUT2D eigenvalue weighted by atomic mass is 9.98. The number of carbonyl (C=O) groups excluding carboxylic acids is 1. The van der Waals surface area contributed by atoms with Crippen LogP contribution in [0.2, 0.25) is 5.02 Å². The second kappa shape index (κ2) is 19.2. The van der Waals surface area contributed by atoms with Crippen LogP contribution in [0.4, 0.5) is 5.69 Å². The maximum absolute atomic E-state index is 12.8. The summed E-state index contributed by atoms with van der Waals surface area (Å²) in [5.41, 5.74) is 5.59. The Labute approximate surface area is 271 Å². The highest BCUT2D eigenvalue weighted by molar-refractivity contribution is 7.93. The fourth-order valence-corrected chi connectivity index (χ4v) is 5.55. The lowest BCUT2D eigenvalue weighted by molar-refractivity contribution is -0.149. The SMILES string of the molecule is CC(=O)Nc1ccc(S(=O)O)cc1.CC(C(=O)O)[C@H](N)C(=O)O.N#CC(CCC(=O)O)(CCC(=O)O)S(=O)(=O)c1ccc(Cl)cc1. The Morgan fingerprint density at radius 3 is 1.70 bits per heavy atom. The maximum Gasteiger partial charge on any atom is 0.321 e. The van der Waals surface area contributed by atoms with Crippen LogP contribution in [0.1, 0.15) is 39.5 Å². The fraction of sp³-hybridized carbons (Fsp3) is 0.333. The monoisotopic (exact) mass is 705 g/mol. The number of hydrogen-bond acceptors (Lipinski definition) is 10. The van der Waals surface area contributed by atoms with Crippen LogP contribution in [0.3, 0.4) is 0 Å². The zero-order valence-electron chi connectivity index (χ0n) is 24.3. The van der Waals surface area contributed by atoms with Crippen LogP contribution in [0.25, 0.3) is 0 Å². The number of nitrogens with one attached hydrogen (secondary N) is 1. The molecule has 46 heavy (non-hydrogen) atoms. The number of carboxylic acids is 4. The van der Waals surface area contributed by atoms with E-state index in [9.17, 15) is 41.9 Å². The molecule has 0 aliphatic carbocycles. The van der Waals surface area contributed by atoms with Crippen molar-refractivity contribution in [1.29, 1.82) is 5.26 Å². The van der Waals surface area contributed by atoms with Crippen molar-refractivity contribution in [3.63, 3.8) is 0 Å². The molecule has 0 saturated heterocycles. The van der Waals surface area contributed by atoms with Crippen LogP contribution in [0.5, 0.6) is 0 Å². The first-order valence-electron chi connectivity index (χ1n) is 12.8. The maximum atomic E-state index is 12.8. The molecule has 3 atom stereocenters. The molecule has 0 aliphatic heterocycles. The first-order valence-corrected chi connectivity index (χ1v) is 15.7. The van der Waals surface area contributed by atoms with Gasteiger partial charge in [-0.3, -0.25) is 24.0 Å². The van der Waals surface area contributed by atoms with Gasteiger partial charge in [0.2, 0.25) is 5.91 Å². The van der Waals surface area contributed by atoms with E-state index in [-0.39, 0.29) is 10.8 Å². The van der Waals surface area contributed by atoms with Gasteiger partial charge in [0.25, 0.3) is 0 Å². The van der Waals surface area contributed by atoms with E-state index in [1.165, 1.54) is 50.2 Å². The minimum Gasteiger partial charge on any atom is -0.481 e. The molecule has 2 unspecified atom stereocenters. The van der Waals surface area contributed by atoms with Gasteiger partial charge in [0.1, 0.15) is 6.04 Å². The Hall–Kier alpha value is -4.41. The summed E-state index contributed by atoms with van der Waals surface area (Å²) in [4.78, 5) is 52.4. The normalized spacial score (nSPS) is 12.7. The molecule has 2 aromatic carbocycles. The van der Waals surface area contributed by atoms with Crippen molar-refractivity contribution >= 4 is 68.0 Å². The van der Waals surface area contributed by atoms with Crippen LogP contribution < -0.4 is 11.1 Å². The standard InChI is InChI=1S/C14H14ClNO6S.C8H9NO3S.C5H9NO4/c15-10-1-3-11(4-2-10)23(21,22)14(9-16,7-5-12(17)18)8-6-13(19)20;1-6(10)9-7-2-4-8(5-3-7)13(11)12;1-2(4(7)8)3(6)5(9)10/h1-4H,5-8H2,(H,17,18)(H,19,20);2-5H,1H3,(H,9,10)(H,11,12);2-3H,6H2,1H3,(H,7,8)(H,9,10)/t;;2?,3-/m..0/s1. The number of halogens is 1. The molecule has 0 heterocycles. The minimum absolute atomic E-state index is 0.169. The van der Waals surface area contributed by atoms with E-state index >= 15 is 0 Å². The van der Waals surface area contributed by atoms with Crippen molar-refractivity contribution in [3.05, 3.63) is 53.6 Å². The highest BCUT2D eigenvalue weighted by Crippen LogP contribution is 2.34. The zero-order chi connectivity index (χ0) is 35.8. The van der Waals surface area contributed by atoms with Gasteiger partial charge in [0.15, 0.2) is 25.7 Å². The molecule has 16 nitrogen and oxygen atoms in total. The van der Waals surface area contributed by atoms with Gasteiger partial charge in [-0.25, -0.2) is 12.6 Å². The summed E-state index contributed by atoms with van der Waals surface area (Å²) in [6, 6.07) is 11.5. The molecule has 0 aromatic heterocycles. The number of amides is 1. The number of nitriles is 1. The average molecular weight is 706 g/mol. The first kappa shape index (κ1) is 41.6. The summed E-state index contributed by atoms with van der Waals surface area (Å²) in [5, 5.41) is 46.3. The van der Waals surface area contributed by atoms with E-state index in [0.29, 0.717) is 15.6 Å². The number of hydrogen-bond donors (Lipinski definition) is 7. The number of nitrogens with two attached hydrogens (primary N) is 1.